The van der Waals surface area contributed by atoms with Crippen molar-refractivity contribution in [2.45, 2.75) is 68.7 Å². The Kier molecular flexibility index (Phi) is 7.70. The highest BCUT2D eigenvalue weighted by Crippen LogP contribution is 2.40. The summed E-state index contributed by atoms with van der Waals surface area (Å²) in [6, 6.07) is 13.0. The topological polar surface area (TPSA) is 107 Å². The molecule has 1 aromatic carbocycles. The molecule has 44 heavy (non-hydrogen) atoms. The zero-order chi connectivity index (χ0) is 30.5. The minimum Gasteiger partial charge on any atom is -0.321 e. The predicted molar refractivity (Wildman–Crippen MR) is 164 cm³/mol. The highest BCUT2D eigenvalue weighted by molar-refractivity contribution is 7.92. The van der Waals surface area contributed by atoms with Gasteiger partial charge >= 0.3 is 6.03 Å². The monoisotopic (exact) mass is 622 g/mol. The van der Waals surface area contributed by atoms with Gasteiger partial charge in [-0.1, -0.05) is 43.2 Å². The number of likely N-dealkylation sites (tertiary alicyclic amines) is 1. The van der Waals surface area contributed by atoms with E-state index in [-0.39, 0.29) is 46.8 Å². The van der Waals surface area contributed by atoms with Crippen molar-refractivity contribution in [1.29, 1.82) is 0 Å². The zero-order valence-electron chi connectivity index (χ0n) is 24.8. The molecule has 1 N–H and O–H groups in total. The summed E-state index contributed by atoms with van der Waals surface area (Å²) in [5.74, 6) is -0.108. The molecular weight excluding hydrogens is 583 g/mol. The zero-order valence-corrected chi connectivity index (χ0v) is 25.6. The van der Waals surface area contributed by atoms with Crippen LogP contribution in [0.3, 0.4) is 0 Å². The van der Waals surface area contributed by atoms with Crippen molar-refractivity contribution >= 4 is 21.5 Å². The molecule has 2 aromatic heterocycles. The first-order valence-electron chi connectivity index (χ1n) is 15.7. The lowest BCUT2D eigenvalue weighted by atomic mass is 9.90. The first kappa shape index (κ1) is 29.4. The SMILES string of the molecule is O=C(N1CCN(Cc2cnc3ccc(F)cn3c2=O)C2(CCCC2)C1)N1CC[C@@H](NC2CS(=O)(=O)C2)C[C@H]1c1ccccc1. The standard InChI is InChI=1S/C32H39FN6O4S/c33-25-8-9-29-34-17-24(30(40)39(29)19-25)18-37-15-14-36(22-32(37)11-4-5-12-32)31(41)38-13-10-26(35-27-20-44(42,43)21-27)16-28(38)23-6-2-1-3-7-23/h1-3,6-9,17,19,26-28,35H,4-5,10-16,18,20-22H2/t26-,28+/m1/s1. The number of urea groups is 1. The summed E-state index contributed by atoms with van der Waals surface area (Å²) >= 11 is 0. The van der Waals surface area contributed by atoms with Gasteiger partial charge in [0.1, 0.15) is 11.5 Å². The molecule has 12 heteroatoms. The minimum absolute atomic E-state index is 0.0103. The van der Waals surface area contributed by atoms with Gasteiger partial charge in [0.25, 0.3) is 5.56 Å². The second-order valence-electron chi connectivity index (χ2n) is 13.0. The van der Waals surface area contributed by atoms with Gasteiger partial charge in [-0.15, -0.1) is 0 Å². The van der Waals surface area contributed by atoms with Crippen molar-refractivity contribution in [3.63, 3.8) is 0 Å². The van der Waals surface area contributed by atoms with Gasteiger partial charge in [-0.3, -0.25) is 14.1 Å². The normalized spacial score (nSPS) is 25.4. The van der Waals surface area contributed by atoms with Crippen molar-refractivity contribution in [2.75, 3.05) is 37.7 Å². The molecule has 3 aromatic rings. The fourth-order valence-electron chi connectivity index (χ4n) is 7.85. The van der Waals surface area contributed by atoms with E-state index in [0.717, 1.165) is 44.1 Å². The molecule has 1 saturated carbocycles. The molecule has 10 nitrogen and oxygen atoms in total. The van der Waals surface area contributed by atoms with Crippen LogP contribution in [0.15, 0.2) is 59.7 Å². The fourth-order valence-corrected chi connectivity index (χ4v) is 9.17. The van der Waals surface area contributed by atoms with Crippen molar-refractivity contribution in [2.24, 2.45) is 0 Å². The Labute approximate surface area is 256 Å². The van der Waals surface area contributed by atoms with Gasteiger partial charge in [0.2, 0.25) is 0 Å². The fraction of sp³-hybridized carbons (Fsp3) is 0.531. The largest absolute Gasteiger partial charge is 0.321 e. The smallest absolute Gasteiger partial charge is 0.320 e. The maximum absolute atomic E-state index is 14.3. The molecular formula is C32H39FN6O4S. The molecule has 7 rings (SSSR count). The molecule has 2 amide bonds. The number of carbonyl (C=O) groups is 1. The molecule has 3 saturated heterocycles. The average molecular weight is 623 g/mol. The van der Waals surface area contributed by atoms with Crippen LogP contribution in [0.4, 0.5) is 9.18 Å². The number of aromatic nitrogens is 2. The van der Waals surface area contributed by atoms with Crippen LogP contribution in [0.25, 0.3) is 5.65 Å². The third-order valence-corrected chi connectivity index (χ3v) is 11.9. The summed E-state index contributed by atoms with van der Waals surface area (Å²) in [7, 11) is -2.91. The highest BCUT2D eigenvalue weighted by atomic mass is 32.2. The molecule has 0 radical (unpaired) electrons. The van der Waals surface area contributed by atoms with E-state index < -0.39 is 15.7 Å². The Morgan fingerprint density at radius 3 is 2.55 bits per heavy atom. The van der Waals surface area contributed by atoms with Crippen molar-refractivity contribution in [3.8, 4) is 0 Å². The molecule has 234 valence electrons. The number of rotatable bonds is 5. The Hall–Kier alpha value is -3.35. The third kappa shape index (κ3) is 5.63. The number of halogens is 1. The second kappa shape index (κ2) is 11.5. The molecule has 3 aliphatic heterocycles. The van der Waals surface area contributed by atoms with Gasteiger partial charge in [0.05, 0.1) is 23.1 Å². The van der Waals surface area contributed by atoms with E-state index in [9.17, 15) is 22.4 Å². The molecule has 1 spiro atoms. The highest BCUT2D eigenvalue weighted by Gasteiger charge is 2.47. The lowest BCUT2D eigenvalue weighted by Gasteiger charge is -2.51. The number of hydrogen-bond acceptors (Lipinski definition) is 7. The lowest BCUT2D eigenvalue weighted by molar-refractivity contribution is -0.00250. The molecule has 4 aliphatic rings. The van der Waals surface area contributed by atoms with Crippen LogP contribution in [-0.4, -0.2) is 93.8 Å². The lowest BCUT2D eigenvalue weighted by Crippen LogP contribution is -2.64. The van der Waals surface area contributed by atoms with E-state index in [0.29, 0.717) is 43.9 Å². The third-order valence-electron chi connectivity index (χ3n) is 10.1. The Morgan fingerprint density at radius 1 is 1.02 bits per heavy atom. The molecule has 5 heterocycles. The average Bonchev–Trinajstić information content (AvgIpc) is 3.47. The van der Waals surface area contributed by atoms with E-state index in [1.165, 1.54) is 22.7 Å². The van der Waals surface area contributed by atoms with Crippen LogP contribution in [-0.2, 0) is 16.4 Å². The summed E-state index contributed by atoms with van der Waals surface area (Å²) in [6.07, 6.45) is 8.34. The van der Waals surface area contributed by atoms with Crippen molar-refractivity contribution < 1.29 is 17.6 Å². The summed E-state index contributed by atoms with van der Waals surface area (Å²) in [6.45, 7) is 2.80. The van der Waals surface area contributed by atoms with Crippen LogP contribution in [0.1, 0.15) is 55.7 Å². The van der Waals surface area contributed by atoms with Gasteiger partial charge in [-0.05, 0) is 43.4 Å². The predicted octanol–water partition coefficient (Wildman–Crippen LogP) is 2.98. The summed E-state index contributed by atoms with van der Waals surface area (Å²) in [5, 5.41) is 3.55. The number of pyridine rings is 1. The summed E-state index contributed by atoms with van der Waals surface area (Å²) < 4.78 is 38.6. The van der Waals surface area contributed by atoms with Crippen molar-refractivity contribution in [3.05, 3.63) is 82.2 Å². The Bertz CT molecular complexity index is 1700. The summed E-state index contributed by atoms with van der Waals surface area (Å²) in [5.41, 5.74) is 1.54. The first-order valence-corrected chi connectivity index (χ1v) is 17.5. The number of piperidine rings is 1. The number of nitrogens with zero attached hydrogens (tertiary/aromatic N) is 5. The van der Waals surface area contributed by atoms with Crippen LogP contribution in [0.5, 0.6) is 0 Å². The number of benzene rings is 1. The number of piperazine rings is 1. The summed E-state index contributed by atoms with van der Waals surface area (Å²) in [4.78, 5) is 38.3. The number of fused-ring (bicyclic) bond motifs is 1. The van der Waals surface area contributed by atoms with E-state index in [2.05, 4.69) is 27.3 Å². The number of amides is 2. The number of carbonyl (C=O) groups excluding carboxylic acids is 1. The maximum Gasteiger partial charge on any atom is 0.320 e. The van der Waals surface area contributed by atoms with Crippen LogP contribution < -0.4 is 10.9 Å². The molecule has 1 aliphatic carbocycles. The minimum atomic E-state index is -2.91. The van der Waals surface area contributed by atoms with Crippen LogP contribution >= 0.6 is 0 Å². The molecule has 0 bridgehead atoms. The second-order valence-corrected chi connectivity index (χ2v) is 15.2. The number of sulfone groups is 1. The number of hydrogen-bond donors (Lipinski definition) is 1. The van der Waals surface area contributed by atoms with Gasteiger partial charge in [-0.25, -0.2) is 22.6 Å². The van der Waals surface area contributed by atoms with E-state index in [4.69, 9.17) is 0 Å². The van der Waals surface area contributed by atoms with E-state index in [1.54, 1.807) is 6.20 Å². The Balaban J connectivity index is 1.09. The molecule has 0 unspecified atom stereocenters. The van der Waals surface area contributed by atoms with E-state index in [1.807, 2.05) is 28.0 Å². The number of nitrogens with one attached hydrogen (secondary N) is 1. The van der Waals surface area contributed by atoms with Gasteiger partial charge in [-0.2, -0.15) is 0 Å². The first-order chi connectivity index (χ1) is 21.2. The quantitative estimate of drug-likeness (QED) is 0.466. The van der Waals surface area contributed by atoms with Crippen LogP contribution in [0, 0.1) is 5.82 Å². The maximum atomic E-state index is 14.3. The van der Waals surface area contributed by atoms with Gasteiger partial charge < -0.3 is 15.1 Å². The Morgan fingerprint density at radius 2 is 1.80 bits per heavy atom. The van der Waals surface area contributed by atoms with Gasteiger partial charge in [0, 0.05) is 62.7 Å². The molecule has 2 atom stereocenters. The van der Waals surface area contributed by atoms with Gasteiger partial charge in [0.15, 0.2) is 9.84 Å². The van der Waals surface area contributed by atoms with Crippen LogP contribution in [0.2, 0.25) is 0 Å². The van der Waals surface area contributed by atoms with Crippen molar-refractivity contribution in [1.82, 2.24) is 29.4 Å². The molecule has 4 fully saturated rings. The van der Waals surface area contributed by atoms with E-state index >= 15 is 0 Å².